The molecule has 0 unspecified atom stereocenters. The van der Waals surface area contributed by atoms with Gasteiger partial charge in [-0.1, -0.05) is 132 Å². The van der Waals surface area contributed by atoms with E-state index in [-0.39, 0.29) is 20.4 Å². The fourth-order valence-electron chi connectivity index (χ4n) is 8.22. The molecule has 3 rings (SSSR count). The predicted octanol–water partition coefficient (Wildman–Crippen LogP) is 14.5. The maximum absolute atomic E-state index is 12.6. The minimum Gasteiger partial charge on any atom is -0.493 e. The standard InChI is InChI=1S/C46H72N2.Pd/c1-9-17-19-21-29-43-44(30-22-20-18-10-2)46(40-33-37(25-13-5)42(28-16-8)38(34-40)26-14-6)48(47)45(43)39-31-35(23-11-3)41(27-15-7)36(32-39)24-12-4;/h31-34H,9-30H2,1-8H3;. The molecule has 1 aliphatic rings. The zero-order valence-electron chi connectivity index (χ0n) is 33.1. The zero-order valence-corrected chi connectivity index (χ0v) is 34.6. The summed E-state index contributed by atoms with van der Waals surface area (Å²) in [7, 11) is 0. The fourth-order valence-corrected chi connectivity index (χ4v) is 8.22. The maximum Gasteiger partial charge on any atom is 0.211 e. The largest absolute Gasteiger partial charge is 0.493 e. The van der Waals surface area contributed by atoms with Gasteiger partial charge in [0.2, 0.25) is 11.4 Å². The van der Waals surface area contributed by atoms with Gasteiger partial charge < -0.3 is 5.53 Å². The molecule has 49 heavy (non-hydrogen) atoms. The summed E-state index contributed by atoms with van der Waals surface area (Å²) in [5.41, 5.74) is 29.3. The van der Waals surface area contributed by atoms with E-state index in [1.807, 2.05) is 0 Å². The first kappa shape index (κ1) is 43.3. The molecule has 2 nitrogen and oxygen atoms in total. The van der Waals surface area contributed by atoms with Crippen molar-refractivity contribution in [2.24, 2.45) is 0 Å². The summed E-state index contributed by atoms with van der Waals surface area (Å²) in [6, 6.07) is 9.91. The third kappa shape index (κ3) is 11.6. The van der Waals surface area contributed by atoms with Crippen LogP contribution in [0.15, 0.2) is 35.4 Å². The quantitative estimate of drug-likeness (QED) is 0.0579. The van der Waals surface area contributed by atoms with Gasteiger partial charge in [0.05, 0.1) is 0 Å². The molecule has 3 heteroatoms. The van der Waals surface area contributed by atoms with Crippen molar-refractivity contribution in [2.45, 2.75) is 197 Å². The van der Waals surface area contributed by atoms with Crippen molar-refractivity contribution in [3.8, 4) is 0 Å². The molecule has 0 radical (unpaired) electrons. The molecule has 0 spiro atoms. The second-order valence-electron chi connectivity index (χ2n) is 14.6. The van der Waals surface area contributed by atoms with Crippen molar-refractivity contribution in [3.05, 3.63) is 85.5 Å². The van der Waals surface area contributed by atoms with Crippen molar-refractivity contribution in [3.63, 3.8) is 0 Å². The van der Waals surface area contributed by atoms with Gasteiger partial charge in [-0.05, 0) is 122 Å². The summed E-state index contributed by atoms with van der Waals surface area (Å²) < 4.78 is 1.69. The Morgan fingerprint density at radius 3 is 0.959 bits per heavy atom. The first-order chi connectivity index (χ1) is 23.4. The minimum absolute atomic E-state index is 0. The van der Waals surface area contributed by atoms with Gasteiger partial charge in [-0.3, -0.25) is 0 Å². The normalized spacial score (nSPS) is 13.2. The van der Waals surface area contributed by atoms with Crippen molar-refractivity contribution in [2.75, 3.05) is 0 Å². The molecule has 0 N–H and O–H groups in total. The number of hydrogen-bond acceptors (Lipinski definition) is 0. The van der Waals surface area contributed by atoms with Crippen molar-refractivity contribution in [1.29, 1.82) is 0 Å². The Labute approximate surface area is 317 Å². The molecule has 0 amide bonds. The van der Waals surface area contributed by atoms with E-state index in [1.54, 1.807) is 15.8 Å². The number of nitrogens with zero attached hydrogens (tertiary/aromatic N) is 2. The molecule has 0 fully saturated rings. The number of unbranched alkanes of at least 4 members (excludes halogenated alkanes) is 6. The molecule has 0 atom stereocenters. The third-order valence-electron chi connectivity index (χ3n) is 10.4. The molecule has 0 bridgehead atoms. The summed E-state index contributed by atoms with van der Waals surface area (Å²) >= 11 is 0. The van der Waals surface area contributed by atoms with Gasteiger partial charge in [-0.2, -0.15) is 0 Å². The summed E-state index contributed by atoms with van der Waals surface area (Å²) in [4.78, 5) is 0. The predicted molar refractivity (Wildman–Crippen MR) is 212 cm³/mol. The van der Waals surface area contributed by atoms with Gasteiger partial charge in [-0.15, -0.1) is 0 Å². The average molecular weight is 760 g/mol. The Morgan fingerprint density at radius 2 is 0.694 bits per heavy atom. The summed E-state index contributed by atoms with van der Waals surface area (Å²) in [5, 5.41) is 0. The minimum atomic E-state index is 0. The van der Waals surface area contributed by atoms with Crippen LogP contribution in [0.3, 0.4) is 0 Å². The maximum atomic E-state index is 12.6. The van der Waals surface area contributed by atoms with Crippen LogP contribution in [0.2, 0.25) is 0 Å². The van der Waals surface area contributed by atoms with Crippen LogP contribution in [0.5, 0.6) is 0 Å². The van der Waals surface area contributed by atoms with E-state index in [2.05, 4.69) is 79.7 Å². The van der Waals surface area contributed by atoms with E-state index >= 15 is 0 Å². The first-order valence-electron chi connectivity index (χ1n) is 20.7. The molecule has 1 aliphatic heterocycles. The van der Waals surface area contributed by atoms with Gasteiger partial charge >= 0.3 is 0 Å². The molecular weight excluding hydrogens is 687 g/mol. The fraction of sp³-hybridized carbons (Fsp3) is 0.652. The SMILES string of the molecule is CCCCCCC1=C(c2cc(CCC)c(CCC)c(CCC)c2)[N+](=[N-])C(c2cc(CCC)c(CCC)c(CCC)c2)=C1CCCCCC.[Pd]. The van der Waals surface area contributed by atoms with Crippen LogP contribution in [0, 0.1) is 0 Å². The average Bonchev–Trinajstić information content (AvgIpc) is 3.35. The van der Waals surface area contributed by atoms with Gasteiger partial charge in [-0.25, -0.2) is 4.70 Å². The zero-order chi connectivity index (χ0) is 34.9. The molecular formula is C46H72N2Pd. The Kier molecular flexibility index (Phi) is 20.9. The number of rotatable bonds is 24. The third-order valence-corrected chi connectivity index (χ3v) is 10.4. The van der Waals surface area contributed by atoms with Crippen LogP contribution in [-0.2, 0) is 58.9 Å². The van der Waals surface area contributed by atoms with E-state index in [1.165, 1.54) is 109 Å². The van der Waals surface area contributed by atoms with E-state index in [9.17, 15) is 5.53 Å². The van der Waals surface area contributed by atoms with Crippen LogP contribution in [0.1, 0.15) is 203 Å². The monoisotopic (exact) mass is 758 g/mol. The Balaban J connectivity index is 0.00000833. The van der Waals surface area contributed by atoms with Crippen LogP contribution in [0.25, 0.3) is 16.9 Å². The van der Waals surface area contributed by atoms with E-state index in [0.29, 0.717) is 0 Å². The molecule has 276 valence electrons. The van der Waals surface area contributed by atoms with Crippen molar-refractivity contribution >= 4 is 11.4 Å². The summed E-state index contributed by atoms with van der Waals surface area (Å²) in [6.45, 7) is 18.5. The first-order valence-corrected chi connectivity index (χ1v) is 20.7. The summed E-state index contributed by atoms with van der Waals surface area (Å²) in [5.74, 6) is 0. The van der Waals surface area contributed by atoms with Crippen LogP contribution in [-0.4, -0.2) is 4.70 Å². The smallest absolute Gasteiger partial charge is 0.211 e. The van der Waals surface area contributed by atoms with Gasteiger partial charge in [0.25, 0.3) is 0 Å². The van der Waals surface area contributed by atoms with Crippen LogP contribution >= 0.6 is 0 Å². The molecule has 0 saturated heterocycles. The molecule has 0 aromatic heterocycles. The number of aryl methyl sites for hydroxylation is 4. The number of hydrogen-bond donors (Lipinski definition) is 0. The van der Waals surface area contributed by atoms with Gasteiger partial charge in [0.1, 0.15) is 0 Å². The molecule has 0 saturated carbocycles. The topological polar surface area (TPSA) is 25.3 Å². The van der Waals surface area contributed by atoms with Gasteiger partial charge in [0, 0.05) is 42.7 Å². The molecule has 1 heterocycles. The summed E-state index contributed by atoms with van der Waals surface area (Å²) in [6.07, 6.45) is 25.6. The van der Waals surface area contributed by atoms with Crippen molar-refractivity contribution < 1.29 is 25.1 Å². The van der Waals surface area contributed by atoms with Crippen molar-refractivity contribution in [1.82, 2.24) is 0 Å². The molecule has 2 aromatic carbocycles. The second-order valence-corrected chi connectivity index (χ2v) is 14.6. The molecule has 0 aliphatic carbocycles. The van der Waals surface area contributed by atoms with Crippen LogP contribution < -0.4 is 0 Å². The Bertz CT molecular complexity index is 1220. The Hall–Kier alpha value is -1.82. The van der Waals surface area contributed by atoms with E-state index in [0.717, 1.165) is 88.4 Å². The van der Waals surface area contributed by atoms with E-state index in [4.69, 9.17) is 0 Å². The number of benzene rings is 2. The molecule has 2 aromatic rings. The van der Waals surface area contributed by atoms with Crippen LogP contribution in [0.4, 0.5) is 0 Å². The number of allylic oxidation sites excluding steroid dienone is 2. The Morgan fingerprint density at radius 1 is 0.388 bits per heavy atom. The second kappa shape index (κ2) is 23.6. The van der Waals surface area contributed by atoms with Gasteiger partial charge in [0.15, 0.2) is 0 Å². The van der Waals surface area contributed by atoms with E-state index < -0.39 is 0 Å².